The van der Waals surface area contributed by atoms with E-state index in [2.05, 4.69) is 52.9 Å². The number of benzene rings is 1. The maximum Gasteiger partial charge on any atom is 0.337 e. The standard InChI is InChI=1S/C26H42O6Si/c1-9-21(30-18-19-14-16-20(28-5)17-15-19)22-12-10-11-13-23(24(31-22)25(27)29-6)32-33(7,8)26(2,3)4/h10-11,14-17,21-24H,9,12-13,18H2,1-8H3/b11-10-/t21-,22-,23+,24-/m1/s1. The topological polar surface area (TPSA) is 63.2 Å². The van der Waals surface area contributed by atoms with Gasteiger partial charge >= 0.3 is 5.97 Å². The van der Waals surface area contributed by atoms with Gasteiger partial charge in [0.1, 0.15) is 5.75 Å². The first kappa shape index (κ1) is 27.6. The van der Waals surface area contributed by atoms with E-state index in [-0.39, 0.29) is 17.2 Å². The molecule has 6 nitrogen and oxygen atoms in total. The molecule has 7 heteroatoms. The van der Waals surface area contributed by atoms with Crippen molar-refractivity contribution < 1.29 is 28.2 Å². The van der Waals surface area contributed by atoms with E-state index in [0.717, 1.165) is 17.7 Å². The fraction of sp³-hybridized carbons (Fsp3) is 0.654. The van der Waals surface area contributed by atoms with Crippen molar-refractivity contribution in [2.45, 2.75) is 96.1 Å². The Labute approximate surface area is 200 Å². The molecule has 1 aliphatic heterocycles. The van der Waals surface area contributed by atoms with E-state index in [1.54, 1.807) is 7.11 Å². The minimum absolute atomic E-state index is 0.0204. The number of hydrogen-bond donors (Lipinski definition) is 0. The van der Waals surface area contributed by atoms with Crippen molar-refractivity contribution in [3.8, 4) is 5.75 Å². The predicted octanol–water partition coefficient (Wildman–Crippen LogP) is 5.66. The fourth-order valence-electron chi connectivity index (χ4n) is 3.56. The van der Waals surface area contributed by atoms with Gasteiger partial charge in [-0.2, -0.15) is 0 Å². The molecule has 0 spiro atoms. The summed E-state index contributed by atoms with van der Waals surface area (Å²) in [5.41, 5.74) is 1.05. The molecule has 186 valence electrons. The summed E-state index contributed by atoms with van der Waals surface area (Å²) in [6.45, 7) is 13.5. The van der Waals surface area contributed by atoms with Crippen molar-refractivity contribution in [1.29, 1.82) is 0 Å². The monoisotopic (exact) mass is 478 g/mol. The lowest BCUT2D eigenvalue weighted by Gasteiger charge is -2.42. The van der Waals surface area contributed by atoms with Crippen LogP contribution in [0.15, 0.2) is 36.4 Å². The van der Waals surface area contributed by atoms with Crippen LogP contribution in [0.2, 0.25) is 18.1 Å². The minimum Gasteiger partial charge on any atom is -0.497 e. The molecule has 0 unspecified atom stereocenters. The van der Waals surface area contributed by atoms with E-state index >= 15 is 0 Å². The molecule has 0 N–H and O–H groups in total. The van der Waals surface area contributed by atoms with Crippen LogP contribution in [0.25, 0.3) is 0 Å². The van der Waals surface area contributed by atoms with Crippen molar-refractivity contribution in [3.05, 3.63) is 42.0 Å². The highest BCUT2D eigenvalue weighted by Gasteiger charge is 2.44. The van der Waals surface area contributed by atoms with E-state index in [9.17, 15) is 4.79 Å². The molecule has 1 aliphatic rings. The molecule has 0 saturated heterocycles. The number of carbonyl (C=O) groups excluding carboxylic acids is 1. The van der Waals surface area contributed by atoms with E-state index in [1.807, 2.05) is 24.3 Å². The minimum atomic E-state index is -2.12. The predicted molar refractivity (Wildman–Crippen MR) is 133 cm³/mol. The van der Waals surface area contributed by atoms with Crippen LogP contribution in [0.3, 0.4) is 0 Å². The van der Waals surface area contributed by atoms with Crippen molar-refractivity contribution in [1.82, 2.24) is 0 Å². The van der Waals surface area contributed by atoms with Crippen LogP contribution >= 0.6 is 0 Å². The van der Waals surface area contributed by atoms with Gasteiger partial charge in [0.15, 0.2) is 14.4 Å². The Balaban J connectivity index is 2.18. The first-order valence-electron chi connectivity index (χ1n) is 11.8. The maximum absolute atomic E-state index is 12.8. The third kappa shape index (κ3) is 7.67. The molecule has 33 heavy (non-hydrogen) atoms. The van der Waals surface area contributed by atoms with Gasteiger partial charge in [-0.3, -0.25) is 0 Å². The molecule has 2 rings (SSSR count). The van der Waals surface area contributed by atoms with Crippen LogP contribution in [-0.4, -0.2) is 52.9 Å². The van der Waals surface area contributed by atoms with Gasteiger partial charge in [-0.25, -0.2) is 4.79 Å². The molecule has 0 bridgehead atoms. The molecular weight excluding hydrogens is 436 g/mol. The largest absolute Gasteiger partial charge is 0.497 e. The highest BCUT2D eigenvalue weighted by Crippen LogP contribution is 2.39. The van der Waals surface area contributed by atoms with Crippen molar-refractivity contribution in [3.63, 3.8) is 0 Å². The summed E-state index contributed by atoms with van der Waals surface area (Å²) in [4.78, 5) is 12.8. The molecule has 1 aromatic rings. The van der Waals surface area contributed by atoms with E-state index in [0.29, 0.717) is 19.4 Å². The zero-order valence-electron chi connectivity index (χ0n) is 21.6. The zero-order chi connectivity index (χ0) is 24.6. The van der Waals surface area contributed by atoms with Crippen molar-refractivity contribution in [2.24, 2.45) is 0 Å². The molecule has 1 heterocycles. The first-order valence-corrected chi connectivity index (χ1v) is 14.7. The average Bonchev–Trinajstić information content (AvgIpc) is 2.76. The number of carbonyl (C=O) groups is 1. The molecule has 0 saturated carbocycles. The lowest BCUT2D eigenvalue weighted by Crippen LogP contribution is -2.51. The van der Waals surface area contributed by atoms with Gasteiger partial charge in [-0.1, -0.05) is 52.0 Å². The second-order valence-electron chi connectivity index (χ2n) is 10.1. The second kappa shape index (κ2) is 12.2. The van der Waals surface area contributed by atoms with Crippen molar-refractivity contribution >= 4 is 14.3 Å². The Hall–Kier alpha value is -1.67. The van der Waals surface area contributed by atoms with E-state index in [1.165, 1.54) is 7.11 Å². The molecular formula is C26H42O6Si. The van der Waals surface area contributed by atoms with Crippen LogP contribution in [-0.2, 0) is 30.0 Å². The lowest BCUT2D eigenvalue weighted by molar-refractivity contribution is -0.177. The summed E-state index contributed by atoms with van der Waals surface area (Å²) in [6, 6.07) is 7.82. The first-order chi connectivity index (χ1) is 15.5. The Morgan fingerprint density at radius 3 is 2.30 bits per heavy atom. The zero-order valence-corrected chi connectivity index (χ0v) is 22.6. The lowest BCUT2D eigenvalue weighted by atomic mass is 10.0. The molecule has 4 atom stereocenters. The molecule has 0 amide bonds. The highest BCUT2D eigenvalue weighted by molar-refractivity contribution is 6.74. The molecule has 0 radical (unpaired) electrons. The van der Waals surface area contributed by atoms with Gasteiger partial charge in [0.25, 0.3) is 0 Å². The van der Waals surface area contributed by atoms with E-state index < -0.39 is 26.5 Å². The van der Waals surface area contributed by atoms with Crippen LogP contribution in [0.5, 0.6) is 5.75 Å². The number of hydrogen-bond acceptors (Lipinski definition) is 6. The number of rotatable bonds is 9. The second-order valence-corrected chi connectivity index (χ2v) is 14.8. The van der Waals surface area contributed by atoms with Crippen LogP contribution < -0.4 is 4.74 Å². The van der Waals surface area contributed by atoms with Gasteiger partial charge in [0, 0.05) is 0 Å². The van der Waals surface area contributed by atoms with Gasteiger partial charge in [0.2, 0.25) is 0 Å². The highest BCUT2D eigenvalue weighted by atomic mass is 28.4. The van der Waals surface area contributed by atoms with Gasteiger partial charge < -0.3 is 23.4 Å². The Kier molecular flexibility index (Phi) is 10.2. The summed E-state index contributed by atoms with van der Waals surface area (Å²) in [5.74, 6) is 0.414. The third-order valence-corrected chi connectivity index (χ3v) is 11.2. The van der Waals surface area contributed by atoms with E-state index in [4.69, 9.17) is 23.4 Å². The summed E-state index contributed by atoms with van der Waals surface area (Å²) in [7, 11) is 0.930. The van der Waals surface area contributed by atoms with Gasteiger partial charge in [-0.05, 0) is 55.1 Å². The molecule has 1 aromatic carbocycles. The SMILES string of the molecule is CC[C@@H](OCc1ccc(OC)cc1)[C@H]1C/C=C\C[C@H](O[Si](C)(C)C(C)(C)C)[C@H](C(=O)OC)O1. The number of esters is 1. The van der Waals surface area contributed by atoms with Crippen molar-refractivity contribution in [2.75, 3.05) is 14.2 Å². The summed E-state index contributed by atoms with van der Waals surface area (Å²) >= 11 is 0. The quantitative estimate of drug-likeness (QED) is 0.259. The average molecular weight is 479 g/mol. The Bertz CT molecular complexity index is 768. The summed E-state index contributed by atoms with van der Waals surface area (Å²) in [6.07, 6.45) is 4.61. The Morgan fingerprint density at radius 1 is 1.12 bits per heavy atom. The molecule has 0 aromatic heterocycles. The normalized spacial score (nSPS) is 23.8. The Morgan fingerprint density at radius 2 is 1.76 bits per heavy atom. The number of ether oxygens (including phenoxy) is 4. The smallest absolute Gasteiger partial charge is 0.337 e. The maximum atomic E-state index is 12.8. The number of methoxy groups -OCH3 is 2. The van der Waals surface area contributed by atoms with Crippen LogP contribution in [0.1, 0.15) is 52.5 Å². The van der Waals surface area contributed by atoms with Gasteiger partial charge in [0.05, 0.1) is 39.1 Å². The molecule has 0 fully saturated rings. The molecule has 0 aliphatic carbocycles. The summed E-state index contributed by atoms with van der Waals surface area (Å²) < 4.78 is 29.7. The van der Waals surface area contributed by atoms with Crippen LogP contribution in [0.4, 0.5) is 0 Å². The third-order valence-electron chi connectivity index (χ3n) is 6.69. The van der Waals surface area contributed by atoms with Gasteiger partial charge in [-0.15, -0.1) is 0 Å². The summed E-state index contributed by atoms with van der Waals surface area (Å²) in [5, 5.41) is 0.0204. The van der Waals surface area contributed by atoms with Crippen LogP contribution in [0, 0.1) is 0 Å². The fourth-order valence-corrected chi connectivity index (χ4v) is 4.89.